The van der Waals surface area contributed by atoms with E-state index in [9.17, 15) is 9.59 Å². The lowest BCUT2D eigenvalue weighted by molar-refractivity contribution is -0.156. The van der Waals surface area contributed by atoms with Crippen LogP contribution in [0.1, 0.15) is 55.9 Å². The first-order chi connectivity index (χ1) is 14.6. The second kappa shape index (κ2) is 12.2. The van der Waals surface area contributed by atoms with Gasteiger partial charge in [-0.05, 0) is 69.7 Å². The fourth-order valence-corrected chi connectivity index (χ4v) is 4.25. The molecule has 1 heterocycles. The molecule has 0 atom stereocenters. The number of ether oxygens (including phenoxy) is 2. The minimum atomic E-state index is -0.221. The van der Waals surface area contributed by atoms with Crippen molar-refractivity contribution in [1.29, 1.82) is 0 Å². The van der Waals surface area contributed by atoms with E-state index in [0.717, 1.165) is 53.9 Å². The van der Waals surface area contributed by atoms with Crippen LogP contribution in [0.2, 0.25) is 5.02 Å². The number of ketones is 1. The molecule has 1 aromatic rings. The second-order valence-corrected chi connectivity index (χ2v) is 8.39. The van der Waals surface area contributed by atoms with Gasteiger partial charge in [0, 0.05) is 23.5 Å². The summed E-state index contributed by atoms with van der Waals surface area (Å²) >= 11 is 6.51. The quantitative estimate of drug-likeness (QED) is 0.327. The number of carbonyl (C=O) groups excluding carboxylic acids is 2. The number of allylic oxidation sites excluding steroid dienone is 2. The molecular formula is C24H36ClNO5. The average molecular weight is 454 g/mol. The molecule has 1 aromatic carbocycles. The van der Waals surface area contributed by atoms with Crippen LogP contribution in [-0.2, 0) is 23.9 Å². The zero-order chi connectivity index (χ0) is 23.8. The molecule has 0 amide bonds. The zero-order valence-corrected chi connectivity index (χ0v) is 20.8. The van der Waals surface area contributed by atoms with Gasteiger partial charge in [-0.25, -0.2) is 0 Å². The number of rotatable bonds is 7. The molecule has 0 unspecified atom stereocenters. The molecule has 0 radical (unpaired) electrons. The van der Waals surface area contributed by atoms with Gasteiger partial charge in [0.1, 0.15) is 5.76 Å². The molecule has 31 heavy (non-hydrogen) atoms. The number of aryl methyl sites for hydroxylation is 2. The molecular weight excluding hydrogens is 418 g/mol. The smallest absolute Gasteiger partial charge is 0.293 e. The van der Waals surface area contributed by atoms with Gasteiger partial charge in [-0.2, -0.15) is 5.06 Å². The van der Waals surface area contributed by atoms with Crippen molar-refractivity contribution in [3.8, 4) is 0 Å². The number of piperidine rings is 1. The van der Waals surface area contributed by atoms with E-state index in [1.165, 1.54) is 0 Å². The number of nitrogens with zero attached hydrogens (tertiary/aromatic N) is 1. The van der Waals surface area contributed by atoms with Crippen molar-refractivity contribution in [1.82, 2.24) is 5.06 Å². The van der Waals surface area contributed by atoms with E-state index in [1.54, 1.807) is 28.1 Å². The molecule has 0 saturated carbocycles. The van der Waals surface area contributed by atoms with Gasteiger partial charge in [-0.15, -0.1) is 0 Å². The van der Waals surface area contributed by atoms with Crippen LogP contribution >= 0.6 is 11.6 Å². The summed E-state index contributed by atoms with van der Waals surface area (Å²) in [6.07, 6.45) is 1.72. The maximum atomic E-state index is 12.7. The Balaban J connectivity index is 0.000000861. The molecule has 0 aromatic heterocycles. The normalized spacial score (nSPS) is 16.5. The van der Waals surface area contributed by atoms with Crippen LogP contribution in [0.4, 0.5) is 0 Å². The third-order valence-corrected chi connectivity index (χ3v) is 6.36. The first kappa shape index (κ1) is 27.1. The lowest BCUT2D eigenvalue weighted by Crippen LogP contribution is -2.39. The number of hydrogen-bond acceptors (Lipinski definition) is 6. The van der Waals surface area contributed by atoms with Crippen LogP contribution in [-0.4, -0.2) is 51.2 Å². The summed E-state index contributed by atoms with van der Waals surface area (Å²) in [7, 11) is 3.35. The summed E-state index contributed by atoms with van der Waals surface area (Å²) in [6.45, 7) is 14.0. The van der Waals surface area contributed by atoms with Gasteiger partial charge in [0.25, 0.3) is 6.47 Å². The monoisotopic (exact) mass is 453 g/mol. The van der Waals surface area contributed by atoms with Crippen molar-refractivity contribution in [3.05, 3.63) is 39.1 Å². The standard InChI is InChI=1S/C21H30ClNO3.C3H6O2/c1-13-12-14(2)19(22)15(3)17(13)18(16(4)24)20(25-6)21(5)8-10-23(26-7)11-9-21;1-2-5-3-4/h12H,8-11H2,1-7H3;3H,2H2,1H3/b20-18-;. The van der Waals surface area contributed by atoms with Gasteiger partial charge >= 0.3 is 0 Å². The molecule has 2 rings (SSSR count). The van der Waals surface area contributed by atoms with Crippen molar-refractivity contribution in [3.63, 3.8) is 0 Å². The number of carbonyl (C=O) groups is 2. The predicted molar refractivity (Wildman–Crippen MR) is 124 cm³/mol. The Labute approximate surface area is 191 Å². The third-order valence-electron chi connectivity index (χ3n) is 5.78. The summed E-state index contributed by atoms with van der Waals surface area (Å²) < 4.78 is 10.0. The van der Waals surface area contributed by atoms with Gasteiger partial charge in [0.05, 0.1) is 26.4 Å². The zero-order valence-electron chi connectivity index (χ0n) is 20.1. The second-order valence-electron chi connectivity index (χ2n) is 8.01. The number of hydroxylamine groups is 2. The Morgan fingerprint density at radius 2 is 1.77 bits per heavy atom. The number of halogens is 1. The highest BCUT2D eigenvalue weighted by atomic mass is 35.5. The Hall–Kier alpha value is -1.89. The summed E-state index contributed by atoms with van der Waals surface area (Å²) in [6, 6.07) is 2.04. The topological polar surface area (TPSA) is 65.1 Å². The first-order valence-electron chi connectivity index (χ1n) is 10.5. The Morgan fingerprint density at radius 3 is 2.16 bits per heavy atom. The Bertz CT molecular complexity index is 811. The van der Waals surface area contributed by atoms with Crippen LogP contribution in [0, 0.1) is 26.2 Å². The van der Waals surface area contributed by atoms with E-state index >= 15 is 0 Å². The minimum absolute atomic E-state index is 0.00312. The summed E-state index contributed by atoms with van der Waals surface area (Å²) in [5.41, 5.74) is 4.33. The molecule has 1 aliphatic heterocycles. The van der Waals surface area contributed by atoms with Crippen molar-refractivity contribution in [2.45, 2.75) is 54.4 Å². The van der Waals surface area contributed by atoms with Crippen LogP contribution in [0.15, 0.2) is 11.8 Å². The van der Waals surface area contributed by atoms with E-state index in [4.69, 9.17) is 21.2 Å². The van der Waals surface area contributed by atoms with Crippen molar-refractivity contribution in [2.75, 3.05) is 33.9 Å². The Kier molecular flexibility index (Phi) is 10.7. The molecule has 0 aliphatic carbocycles. The largest absolute Gasteiger partial charge is 0.500 e. The SMILES string of the molecule is CCOC=O.CO/C(=C(/C(C)=O)c1c(C)cc(C)c(Cl)c1C)C1(C)CCN(OC)CC1. The minimum Gasteiger partial charge on any atom is -0.500 e. The third kappa shape index (κ3) is 6.55. The molecule has 7 heteroatoms. The van der Waals surface area contributed by atoms with Gasteiger partial charge in [-0.1, -0.05) is 24.6 Å². The highest BCUT2D eigenvalue weighted by Gasteiger charge is 2.38. The van der Waals surface area contributed by atoms with Gasteiger partial charge in [-0.3, -0.25) is 9.59 Å². The molecule has 0 spiro atoms. The number of Topliss-reactive ketones (excluding diaryl/α,β-unsaturated/α-hetero) is 1. The lowest BCUT2D eigenvalue weighted by Gasteiger charge is -2.40. The van der Waals surface area contributed by atoms with E-state index in [-0.39, 0.29) is 11.2 Å². The van der Waals surface area contributed by atoms with Crippen LogP contribution in [0.25, 0.3) is 5.57 Å². The summed E-state index contributed by atoms with van der Waals surface area (Å²) in [4.78, 5) is 27.3. The average Bonchev–Trinajstić information content (AvgIpc) is 2.73. The molecule has 0 bridgehead atoms. The molecule has 0 N–H and O–H groups in total. The summed E-state index contributed by atoms with van der Waals surface area (Å²) in [5.74, 6) is 0.759. The lowest BCUT2D eigenvalue weighted by atomic mass is 9.75. The van der Waals surface area contributed by atoms with Crippen molar-refractivity contribution >= 4 is 29.4 Å². The number of hydrogen-bond donors (Lipinski definition) is 0. The predicted octanol–water partition coefficient (Wildman–Crippen LogP) is 5.05. The van der Waals surface area contributed by atoms with Crippen molar-refractivity contribution < 1.29 is 23.9 Å². The van der Waals surface area contributed by atoms with Gasteiger partial charge < -0.3 is 14.3 Å². The Morgan fingerprint density at radius 1 is 1.19 bits per heavy atom. The van der Waals surface area contributed by atoms with Crippen LogP contribution < -0.4 is 0 Å². The van der Waals surface area contributed by atoms with E-state index in [1.807, 2.05) is 31.9 Å². The molecule has 1 saturated heterocycles. The van der Waals surface area contributed by atoms with Gasteiger partial charge in [0.15, 0.2) is 5.78 Å². The summed E-state index contributed by atoms with van der Waals surface area (Å²) in [5, 5.41) is 2.65. The fraction of sp³-hybridized carbons (Fsp3) is 0.583. The maximum Gasteiger partial charge on any atom is 0.293 e. The van der Waals surface area contributed by atoms with Crippen LogP contribution in [0.3, 0.4) is 0 Å². The molecule has 174 valence electrons. The van der Waals surface area contributed by atoms with E-state index < -0.39 is 0 Å². The van der Waals surface area contributed by atoms with E-state index in [0.29, 0.717) is 23.7 Å². The number of benzene rings is 1. The fourth-order valence-electron chi connectivity index (χ4n) is 4.10. The van der Waals surface area contributed by atoms with Gasteiger partial charge in [0.2, 0.25) is 0 Å². The van der Waals surface area contributed by atoms with Crippen LogP contribution in [0.5, 0.6) is 0 Å². The first-order valence-corrected chi connectivity index (χ1v) is 10.9. The highest BCUT2D eigenvalue weighted by molar-refractivity contribution is 6.33. The molecule has 1 fully saturated rings. The van der Waals surface area contributed by atoms with E-state index in [2.05, 4.69) is 11.7 Å². The van der Waals surface area contributed by atoms with Crippen molar-refractivity contribution in [2.24, 2.45) is 5.41 Å². The molecule has 6 nitrogen and oxygen atoms in total. The highest BCUT2D eigenvalue weighted by Crippen LogP contribution is 2.44. The number of methoxy groups -OCH3 is 1. The maximum absolute atomic E-state index is 12.7. The molecule has 1 aliphatic rings.